The van der Waals surface area contributed by atoms with Crippen LogP contribution in [0.3, 0.4) is 0 Å². The maximum absolute atomic E-state index is 12.9. The smallest absolute Gasteiger partial charge is 0.207 e. The molecule has 0 spiro atoms. The molecule has 2 rings (SSSR count). The van der Waals surface area contributed by atoms with Crippen LogP contribution in [0.5, 0.6) is 0 Å². The topological polar surface area (TPSA) is 0 Å². The summed E-state index contributed by atoms with van der Waals surface area (Å²) < 4.78 is 51.7. The van der Waals surface area contributed by atoms with Crippen molar-refractivity contribution in [2.24, 2.45) is 0 Å². The van der Waals surface area contributed by atoms with Crippen LogP contribution in [0.15, 0.2) is 42.5 Å². The standard InChI is InChI=1S/C16H14F4/c1-10(2)12-7-13(9-14(8-12)16(18,19)20)11-3-5-15(17)6-4-11/h3-10H,1-2H3. The molecule has 0 aromatic heterocycles. The second kappa shape index (κ2) is 5.27. The van der Waals surface area contributed by atoms with E-state index in [0.29, 0.717) is 16.7 Å². The number of hydrogen-bond donors (Lipinski definition) is 0. The summed E-state index contributed by atoms with van der Waals surface area (Å²) in [6, 6.07) is 9.42. The molecule has 0 aliphatic rings. The van der Waals surface area contributed by atoms with E-state index in [-0.39, 0.29) is 5.92 Å². The molecule has 0 saturated carbocycles. The van der Waals surface area contributed by atoms with Gasteiger partial charge in [-0.15, -0.1) is 0 Å². The fourth-order valence-electron chi connectivity index (χ4n) is 1.96. The lowest BCUT2D eigenvalue weighted by Gasteiger charge is -2.14. The number of alkyl halides is 3. The Morgan fingerprint density at radius 2 is 1.45 bits per heavy atom. The van der Waals surface area contributed by atoms with Crippen LogP contribution >= 0.6 is 0 Å². The van der Waals surface area contributed by atoms with Gasteiger partial charge in [0.25, 0.3) is 0 Å². The van der Waals surface area contributed by atoms with E-state index in [1.54, 1.807) is 6.07 Å². The molecule has 0 saturated heterocycles. The Morgan fingerprint density at radius 3 is 1.95 bits per heavy atom. The first-order valence-electron chi connectivity index (χ1n) is 6.25. The third-order valence-electron chi connectivity index (χ3n) is 3.13. The number of benzene rings is 2. The highest BCUT2D eigenvalue weighted by Gasteiger charge is 2.31. The summed E-state index contributed by atoms with van der Waals surface area (Å²) in [7, 11) is 0. The van der Waals surface area contributed by atoms with Crippen molar-refractivity contribution in [1.82, 2.24) is 0 Å². The normalized spacial score (nSPS) is 11.9. The molecule has 0 aliphatic heterocycles. The van der Waals surface area contributed by atoms with Crippen LogP contribution in [0.25, 0.3) is 11.1 Å². The van der Waals surface area contributed by atoms with Crippen molar-refractivity contribution in [3.8, 4) is 11.1 Å². The molecule has 0 amide bonds. The Kier molecular flexibility index (Phi) is 3.84. The third-order valence-corrected chi connectivity index (χ3v) is 3.13. The first-order valence-corrected chi connectivity index (χ1v) is 6.25. The first-order chi connectivity index (χ1) is 9.27. The largest absolute Gasteiger partial charge is 0.416 e. The first kappa shape index (κ1) is 14.6. The summed E-state index contributed by atoms with van der Waals surface area (Å²) in [6.45, 7) is 3.67. The van der Waals surface area contributed by atoms with Crippen LogP contribution in [0.4, 0.5) is 17.6 Å². The molecule has 0 N–H and O–H groups in total. The van der Waals surface area contributed by atoms with E-state index < -0.39 is 17.6 Å². The number of hydrogen-bond acceptors (Lipinski definition) is 0. The lowest BCUT2D eigenvalue weighted by molar-refractivity contribution is -0.137. The van der Waals surface area contributed by atoms with Crippen molar-refractivity contribution < 1.29 is 17.6 Å². The lowest BCUT2D eigenvalue weighted by atomic mass is 9.94. The summed E-state index contributed by atoms with van der Waals surface area (Å²) >= 11 is 0. The van der Waals surface area contributed by atoms with Gasteiger partial charge < -0.3 is 0 Å². The number of rotatable bonds is 2. The zero-order valence-electron chi connectivity index (χ0n) is 11.1. The van der Waals surface area contributed by atoms with Gasteiger partial charge in [0, 0.05) is 0 Å². The van der Waals surface area contributed by atoms with E-state index in [4.69, 9.17) is 0 Å². The summed E-state index contributed by atoms with van der Waals surface area (Å²) in [5.74, 6) is -0.429. The SMILES string of the molecule is CC(C)c1cc(-c2ccc(F)cc2)cc(C(F)(F)F)c1. The quantitative estimate of drug-likeness (QED) is 0.626. The molecule has 0 heterocycles. The van der Waals surface area contributed by atoms with Crippen molar-refractivity contribution in [1.29, 1.82) is 0 Å². The van der Waals surface area contributed by atoms with Crippen molar-refractivity contribution in [3.63, 3.8) is 0 Å². The molecule has 0 atom stereocenters. The van der Waals surface area contributed by atoms with Crippen LogP contribution < -0.4 is 0 Å². The molecule has 0 unspecified atom stereocenters. The van der Waals surface area contributed by atoms with Gasteiger partial charge in [0.05, 0.1) is 5.56 Å². The molecule has 4 heteroatoms. The van der Waals surface area contributed by atoms with Gasteiger partial charge in [0.2, 0.25) is 0 Å². The number of halogens is 4. The Bertz CT molecular complexity index is 595. The molecule has 2 aromatic carbocycles. The van der Waals surface area contributed by atoms with E-state index >= 15 is 0 Å². The Hall–Kier alpha value is -1.84. The van der Waals surface area contributed by atoms with E-state index in [2.05, 4.69) is 0 Å². The minimum atomic E-state index is -4.39. The summed E-state index contributed by atoms with van der Waals surface area (Å²) in [5, 5.41) is 0. The van der Waals surface area contributed by atoms with Crippen molar-refractivity contribution in [3.05, 3.63) is 59.4 Å². The van der Waals surface area contributed by atoms with Gasteiger partial charge in [0.15, 0.2) is 0 Å². The summed E-state index contributed by atoms with van der Waals surface area (Å²) in [4.78, 5) is 0. The van der Waals surface area contributed by atoms with Crippen LogP contribution in [0.2, 0.25) is 0 Å². The van der Waals surface area contributed by atoms with Crippen LogP contribution in [0.1, 0.15) is 30.9 Å². The van der Waals surface area contributed by atoms with Gasteiger partial charge >= 0.3 is 6.18 Å². The van der Waals surface area contributed by atoms with Crippen molar-refractivity contribution in [2.75, 3.05) is 0 Å². The third kappa shape index (κ3) is 3.18. The van der Waals surface area contributed by atoms with E-state index in [9.17, 15) is 17.6 Å². The van der Waals surface area contributed by atoms with Crippen LogP contribution in [-0.4, -0.2) is 0 Å². The maximum atomic E-state index is 12.9. The highest BCUT2D eigenvalue weighted by atomic mass is 19.4. The Balaban J connectivity index is 2.57. The second-order valence-electron chi connectivity index (χ2n) is 5.00. The average Bonchev–Trinajstić information content (AvgIpc) is 2.38. The predicted molar refractivity (Wildman–Crippen MR) is 70.9 cm³/mol. The van der Waals surface area contributed by atoms with E-state index in [1.807, 2.05) is 13.8 Å². The maximum Gasteiger partial charge on any atom is 0.416 e. The van der Waals surface area contributed by atoms with Gasteiger partial charge in [0.1, 0.15) is 5.82 Å². The zero-order chi connectivity index (χ0) is 14.9. The minimum Gasteiger partial charge on any atom is -0.207 e. The van der Waals surface area contributed by atoms with Crippen LogP contribution in [-0.2, 0) is 6.18 Å². The molecule has 0 fully saturated rings. The highest BCUT2D eigenvalue weighted by molar-refractivity contribution is 5.65. The van der Waals surface area contributed by atoms with Crippen LogP contribution in [0, 0.1) is 5.82 Å². The van der Waals surface area contributed by atoms with E-state index in [1.165, 1.54) is 24.3 Å². The summed E-state index contributed by atoms with van der Waals surface area (Å²) in [5.41, 5.74) is 0.949. The van der Waals surface area contributed by atoms with Crippen molar-refractivity contribution >= 4 is 0 Å². The minimum absolute atomic E-state index is 0.0171. The van der Waals surface area contributed by atoms with Gasteiger partial charge in [-0.25, -0.2) is 4.39 Å². The molecular formula is C16H14F4. The predicted octanol–water partition coefficient (Wildman–Crippen LogP) is 5.63. The zero-order valence-corrected chi connectivity index (χ0v) is 11.1. The fourth-order valence-corrected chi connectivity index (χ4v) is 1.96. The average molecular weight is 282 g/mol. The fraction of sp³-hybridized carbons (Fsp3) is 0.250. The van der Waals surface area contributed by atoms with E-state index in [0.717, 1.165) is 12.1 Å². The Labute approximate surface area is 115 Å². The second-order valence-corrected chi connectivity index (χ2v) is 5.00. The lowest BCUT2D eigenvalue weighted by Crippen LogP contribution is -2.06. The molecule has 0 aliphatic carbocycles. The molecule has 106 valence electrons. The molecule has 0 nitrogen and oxygen atoms in total. The molecule has 20 heavy (non-hydrogen) atoms. The van der Waals surface area contributed by atoms with Gasteiger partial charge in [-0.2, -0.15) is 13.2 Å². The van der Waals surface area contributed by atoms with Gasteiger partial charge in [-0.3, -0.25) is 0 Å². The van der Waals surface area contributed by atoms with Gasteiger partial charge in [-0.05, 0) is 46.9 Å². The molecule has 2 aromatic rings. The molecule has 0 bridgehead atoms. The Morgan fingerprint density at radius 1 is 0.850 bits per heavy atom. The highest BCUT2D eigenvalue weighted by Crippen LogP contribution is 2.35. The van der Waals surface area contributed by atoms with Gasteiger partial charge in [-0.1, -0.05) is 32.0 Å². The van der Waals surface area contributed by atoms with Crippen molar-refractivity contribution in [2.45, 2.75) is 25.9 Å². The monoisotopic (exact) mass is 282 g/mol. The summed E-state index contributed by atoms with van der Waals surface area (Å²) in [6.07, 6.45) is -4.39. The molecular weight excluding hydrogens is 268 g/mol. The molecule has 0 radical (unpaired) electrons.